The first-order valence-corrected chi connectivity index (χ1v) is 10.2. The highest BCUT2D eigenvalue weighted by Gasteiger charge is 2.49. The van der Waals surface area contributed by atoms with Crippen LogP contribution in [0.25, 0.3) is 0 Å². The molecule has 0 radical (unpaired) electrons. The van der Waals surface area contributed by atoms with Gasteiger partial charge in [0.25, 0.3) is 0 Å². The van der Waals surface area contributed by atoms with E-state index in [9.17, 15) is 9.90 Å². The molecule has 2 saturated heterocycles. The van der Waals surface area contributed by atoms with Crippen LogP contribution in [0.2, 0.25) is 5.02 Å². The molecule has 0 aromatic heterocycles. The molecule has 0 bridgehead atoms. The molecule has 0 amide bonds. The Morgan fingerprint density at radius 2 is 1.96 bits per heavy atom. The fraction of sp³-hybridized carbons (Fsp3) is 0.350. The number of carboxylic acid groups (broad SMARTS) is 1. The Labute approximate surface area is 176 Å². The molecule has 148 valence electrons. The van der Waals surface area contributed by atoms with Gasteiger partial charge in [0.2, 0.25) is 0 Å². The normalized spacial score (nSPS) is 29.3. The third-order valence-corrected chi connectivity index (χ3v) is 6.36. The Balaban J connectivity index is 1.65. The number of carboxylic acids is 1. The van der Waals surface area contributed by atoms with E-state index in [1.807, 2.05) is 42.5 Å². The number of methoxy groups -OCH3 is 1. The first-order chi connectivity index (χ1) is 13.5. The highest BCUT2D eigenvalue weighted by Crippen LogP contribution is 2.44. The summed E-state index contributed by atoms with van der Waals surface area (Å²) in [5.74, 6) is -0.723. The average Bonchev–Trinajstić information content (AvgIpc) is 3.11. The van der Waals surface area contributed by atoms with Crippen LogP contribution in [0.4, 0.5) is 0 Å². The van der Waals surface area contributed by atoms with Gasteiger partial charge in [-0.25, -0.2) is 10.9 Å². The van der Waals surface area contributed by atoms with E-state index in [0.717, 1.165) is 21.3 Å². The second kappa shape index (κ2) is 8.00. The van der Waals surface area contributed by atoms with Gasteiger partial charge in [0.15, 0.2) is 0 Å². The molecule has 5 unspecified atom stereocenters. The zero-order valence-electron chi connectivity index (χ0n) is 15.2. The molecule has 2 aromatic carbocycles. The summed E-state index contributed by atoms with van der Waals surface area (Å²) >= 11 is 9.51. The molecular formula is C20H21BrClN3O3. The van der Waals surface area contributed by atoms with Gasteiger partial charge in [-0.1, -0.05) is 39.7 Å². The lowest BCUT2D eigenvalue weighted by Gasteiger charge is -2.39. The molecule has 4 N–H and O–H groups in total. The summed E-state index contributed by atoms with van der Waals surface area (Å²) in [5, 5.41) is 14.2. The summed E-state index contributed by atoms with van der Waals surface area (Å²) in [5.41, 5.74) is 8.47. The fourth-order valence-corrected chi connectivity index (χ4v) is 4.82. The number of hydrazine groups is 1. The minimum absolute atomic E-state index is 0.124. The number of halogens is 2. The second-order valence-electron chi connectivity index (χ2n) is 7.16. The number of rotatable bonds is 4. The van der Waals surface area contributed by atoms with Crippen LogP contribution in [0.5, 0.6) is 5.75 Å². The molecule has 2 heterocycles. The molecule has 6 nitrogen and oxygen atoms in total. The molecule has 2 fully saturated rings. The van der Waals surface area contributed by atoms with E-state index >= 15 is 0 Å². The minimum atomic E-state index is -0.792. The molecule has 2 aromatic rings. The number of nitrogens with one attached hydrogen (secondary N) is 3. The maximum atomic E-state index is 12.2. The monoisotopic (exact) mass is 465 g/mol. The number of piperidine rings is 1. The predicted molar refractivity (Wildman–Crippen MR) is 110 cm³/mol. The number of aliphatic carboxylic acids is 1. The van der Waals surface area contributed by atoms with E-state index in [0.29, 0.717) is 11.4 Å². The van der Waals surface area contributed by atoms with Gasteiger partial charge in [-0.15, -0.1) is 0 Å². The number of hydrogen-bond acceptors (Lipinski definition) is 5. The van der Waals surface area contributed by atoms with Gasteiger partial charge < -0.3 is 9.84 Å². The molecule has 2 aliphatic heterocycles. The van der Waals surface area contributed by atoms with E-state index in [1.54, 1.807) is 7.11 Å². The average molecular weight is 467 g/mol. The zero-order chi connectivity index (χ0) is 19.8. The maximum absolute atomic E-state index is 12.2. The number of carbonyl (C=O) groups is 1. The van der Waals surface area contributed by atoms with Crippen LogP contribution in [0.1, 0.15) is 29.6 Å². The van der Waals surface area contributed by atoms with Crippen LogP contribution in [-0.4, -0.2) is 24.4 Å². The van der Waals surface area contributed by atoms with Crippen molar-refractivity contribution in [3.8, 4) is 5.75 Å². The van der Waals surface area contributed by atoms with Crippen molar-refractivity contribution in [1.82, 2.24) is 16.2 Å². The molecule has 0 saturated carbocycles. The Hall–Kier alpha value is -1.64. The molecule has 0 aliphatic carbocycles. The Kier molecular flexibility index (Phi) is 5.62. The highest BCUT2D eigenvalue weighted by molar-refractivity contribution is 9.10. The molecule has 5 atom stereocenters. The van der Waals surface area contributed by atoms with Crippen LogP contribution >= 0.6 is 27.5 Å². The largest absolute Gasteiger partial charge is 0.496 e. The smallest absolute Gasteiger partial charge is 0.307 e. The first kappa shape index (κ1) is 19.7. The van der Waals surface area contributed by atoms with Crippen molar-refractivity contribution in [3.63, 3.8) is 0 Å². The minimum Gasteiger partial charge on any atom is -0.496 e. The van der Waals surface area contributed by atoms with E-state index in [1.165, 1.54) is 0 Å². The van der Waals surface area contributed by atoms with Gasteiger partial charge in [0.1, 0.15) is 5.75 Å². The van der Waals surface area contributed by atoms with E-state index in [-0.39, 0.29) is 24.2 Å². The lowest BCUT2D eigenvalue weighted by molar-refractivity contribution is -0.146. The summed E-state index contributed by atoms with van der Waals surface area (Å²) < 4.78 is 6.43. The summed E-state index contributed by atoms with van der Waals surface area (Å²) in [6.07, 6.45) is 0.278. The first-order valence-electron chi connectivity index (χ1n) is 9.06. The topological polar surface area (TPSA) is 82.6 Å². The van der Waals surface area contributed by atoms with Crippen LogP contribution in [0.15, 0.2) is 46.9 Å². The Bertz CT molecular complexity index is 879. The molecule has 28 heavy (non-hydrogen) atoms. The van der Waals surface area contributed by atoms with Crippen molar-refractivity contribution < 1.29 is 14.6 Å². The molecule has 0 spiro atoms. The number of benzene rings is 2. The fourth-order valence-electron chi connectivity index (χ4n) is 4.31. The molecule has 8 heteroatoms. The van der Waals surface area contributed by atoms with Crippen LogP contribution in [0, 0.1) is 11.8 Å². The van der Waals surface area contributed by atoms with E-state index in [2.05, 4.69) is 32.1 Å². The number of ether oxygens (including phenoxy) is 1. The van der Waals surface area contributed by atoms with Crippen LogP contribution in [0.3, 0.4) is 0 Å². The van der Waals surface area contributed by atoms with Crippen molar-refractivity contribution in [2.45, 2.75) is 24.7 Å². The number of fused-ring (bicyclic) bond motifs is 1. The van der Waals surface area contributed by atoms with Crippen molar-refractivity contribution >= 4 is 33.5 Å². The summed E-state index contributed by atoms with van der Waals surface area (Å²) in [4.78, 5) is 12.2. The summed E-state index contributed by atoms with van der Waals surface area (Å²) in [7, 11) is 1.62. The predicted octanol–water partition coefficient (Wildman–Crippen LogP) is 3.64. The summed E-state index contributed by atoms with van der Waals surface area (Å²) in [6, 6.07) is 13.0. The van der Waals surface area contributed by atoms with E-state index < -0.39 is 11.9 Å². The van der Waals surface area contributed by atoms with Crippen molar-refractivity contribution in [1.29, 1.82) is 0 Å². The SMILES string of the molecule is COc1ccc(Br)cc1C1CC(C(=O)O)C2C(NNC2c2ccc(Cl)cc2)N1. The third-order valence-electron chi connectivity index (χ3n) is 5.61. The van der Waals surface area contributed by atoms with Gasteiger partial charge in [-0.05, 0) is 42.3 Å². The Morgan fingerprint density at radius 3 is 2.64 bits per heavy atom. The molecular weight excluding hydrogens is 446 g/mol. The van der Waals surface area contributed by atoms with Gasteiger partial charge in [-0.2, -0.15) is 0 Å². The maximum Gasteiger partial charge on any atom is 0.307 e. The van der Waals surface area contributed by atoms with Crippen LogP contribution in [-0.2, 0) is 4.79 Å². The van der Waals surface area contributed by atoms with Gasteiger partial charge in [0, 0.05) is 27.0 Å². The Morgan fingerprint density at radius 1 is 1.21 bits per heavy atom. The van der Waals surface area contributed by atoms with Gasteiger partial charge in [0.05, 0.1) is 25.2 Å². The highest BCUT2D eigenvalue weighted by atomic mass is 79.9. The van der Waals surface area contributed by atoms with Gasteiger partial charge >= 0.3 is 5.97 Å². The zero-order valence-corrected chi connectivity index (χ0v) is 17.5. The van der Waals surface area contributed by atoms with Crippen LogP contribution < -0.4 is 20.9 Å². The van der Waals surface area contributed by atoms with Gasteiger partial charge in [-0.3, -0.25) is 10.1 Å². The quantitative estimate of drug-likeness (QED) is 0.551. The molecule has 4 rings (SSSR count). The standard InChI is InChI=1S/C20H21BrClN3O3/c1-28-16-7-4-11(21)8-13(16)15-9-14(20(26)27)17-18(24-25-19(17)23-15)10-2-5-12(22)6-3-10/h2-8,14-15,17-19,23-25H,9H2,1H3,(H,26,27). The van der Waals surface area contributed by atoms with Crippen molar-refractivity contribution in [2.24, 2.45) is 11.8 Å². The second-order valence-corrected chi connectivity index (χ2v) is 8.51. The lowest BCUT2D eigenvalue weighted by Crippen LogP contribution is -2.53. The third kappa shape index (κ3) is 3.65. The van der Waals surface area contributed by atoms with Crippen molar-refractivity contribution in [2.75, 3.05) is 7.11 Å². The number of hydrogen-bond donors (Lipinski definition) is 4. The van der Waals surface area contributed by atoms with E-state index in [4.69, 9.17) is 16.3 Å². The van der Waals surface area contributed by atoms with Crippen molar-refractivity contribution in [3.05, 3.63) is 63.1 Å². The summed E-state index contributed by atoms with van der Waals surface area (Å²) in [6.45, 7) is 0. The lowest BCUT2D eigenvalue weighted by atomic mass is 9.74. The molecule has 2 aliphatic rings.